The molecule has 0 unspecified atom stereocenters. The number of amidine groups is 1. The van der Waals surface area contributed by atoms with Crippen molar-refractivity contribution in [3.8, 4) is 11.5 Å². The third-order valence-electron chi connectivity index (χ3n) is 5.68. The number of para-hydroxylation sites is 2. The second kappa shape index (κ2) is 11.9. The molecular formula is C28H26Cl2N2O3S. The third-order valence-corrected chi connectivity index (χ3v) is 7.42. The minimum absolute atomic E-state index is 0.0894. The van der Waals surface area contributed by atoms with Gasteiger partial charge < -0.3 is 9.47 Å². The number of thioether (sulfide) groups is 1. The zero-order chi connectivity index (χ0) is 25.7. The van der Waals surface area contributed by atoms with E-state index in [0.717, 1.165) is 28.8 Å². The molecule has 3 aromatic carbocycles. The Balaban J connectivity index is 1.66. The molecule has 5 nitrogen and oxygen atoms in total. The van der Waals surface area contributed by atoms with Gasteiger partial charge in [-0.05, 0) is 66.6 Å². The number of hydrogen-bond donors (Lipinski definition) is 0. The summed E-state index contributed by atoms with van der Waals surface area (Å²) in [6.07, 6.45) is 2.69. The van der Waals surface area contributed by atoms with E-state index in [-0.39, 0.29) is 12.5 Å². The van der Waals surface area contributed by atoms with Gasteiger partial charge >= 0.3 is 0 Å². The largest absolute Gasteiger partial charge is 0.493 e. The fourth-order valence-electron chi connectivity index (χ4n) is 3.78. The number of nitrogens with zero attached hydrogens (tertiary/aromatic N) is 2. The zero-order valence-electron chi connectivity index (χ0n) is 20.3. The Morgan fingerprint density at radius 1 is 1.03 bits per heavy atom. The first-order valence-corrected chi connectivity index (χ1v) is 13.1. The summed E-state index contributed by atoms with van der Waals surface area (Å²) >= 11 is 13.5. The van der Waals surface area contributed by atoms with Crippen molar-refractivity contribution in [1.29, 1.82) is 0 Å². The van der Waals surface area contributed by atoms with Crippen molar-refractivity contribution in [2.24, 2.45) is 4.99 Å². The predicted molar refractivity (Wildman–Crippen MR) is 150 cm³/mol. The molecule has 1 fully saturated rings. The van der Waals surface area contributed by atoms with Gasteiger partial charge in [0.2, 0.25) is 0 Å². The molecule has 1 aliphatic rings. The number of amides is 1. The Bertz CT molecular complexity index is 1340. The molecule has 1 heterocycles. The number of hydrogen-bond acceptors (Lipinski definition) is 5. The summed E-state index contributed by atoms with van der Waals surface area (Å²) < 4.78 is 11.7. The third kappa shape index (κ3) is 5.72. The van der Waals surface area contributed by atoms with Gasteiger partial charge in [0.15, 0.2) is 16.7 Å². The minimum atomic E-state index is -0.0894. The Hall–Kier alpha value is -2.93. The van der Waals surface area contributed by atoms with Gasteiger partial charge in [-0.1, -0.05) is 66.5 Å². The molecule has 0 bridgehead atoms. The SMILES string of the molecule is CCc1ccccc1N=C1S/C(=C/c2cccc(OC)c2OCc2ccc(Cl)c(Cl)c2)C(=O)N1CC. The van der Waals surface area contributed by atoms with E-state index in [9.17, 15) is 4.79 Å². The van der Waals surface area contributed by atoms with Crippen molar-refractivity contribution in [2.45, 2.75) is 26.9 Å². The maximum absolute atomic E-state index is 13.3. The second-order valence-corrected chi connectivity index (χ2v) is 9.78. The molecule has 0 spiro atoms. The van der Waals surface area contributed by atoms with Crippen LogP contribution >= 0.6 is 35.0 Å². The van der Waals surface area contributed by atoms with Gasteiger partial charge in [-0.2, -0.15) is 0 Å². The lowest BCUT2D eigenvalue weighted by molar-refractivity contribution is -0.122. The molecule has 186 valence electrons. The average Bonchev–Trinajstić information content (AvgIpc) is 3.18. The summed E-state index contributed by atoms with van der Waals surface area (Å²) in [6.45, 7) is 4.82. The van der Waals surface area contributed by atoms with E-state index in [1.54, 1.807) is 24.1 Å². The normalized spacial score (nSPS) is 15.7. The fraction of sp³-hybridized carbons (Fsp3) is 0.214. The van der Waals surface area contributed by atoms with Gasteiger partial charge in [0.25, 0.3) is 5.91 Å². The first-order valence-electron chi connectivity index (χ1n) is 11.6. The van der Waals surface area contributed by atoms with Crippen LogP contribution < -0.4 is 9.47 Å². The van der Waals surface area contributed by atoms with Crippen LogP contribution in [0.3, 0.4) is 0 Å². The van der Waals surface area contributed by atoms with Crippen LogP contribution in [0.4, 0.5) is 5.69 Å². The highest BCUT2D eigenvalue weighted by Gasteiger charge is 2.32. The molecule has 0 N–H and O–H groups in total. The smallest absolute Gasteiger partial charge is 0.266 e. The maximum Gasteiger partial charge on any atom is 0.266 e. The van der Waals surface area contributed by atoms with Crippen molar-refractivity contribution in [2.75, 3.05) is 13.7 Å². The summed E-state index contributed by atoms with van der Waals surface area (Å²) in [6, 6.07) is 18.9. The summed E-state index contributed by atoms with van der Waals surface area (Å²) in [5.41, 5.74) is 3.61. The maximum atomic E-state index is 13.3. The Labute approximate surface area is 225 Å². The fourth-order valence-corrected chi connectivity index (χ4v) is 5.15. The molecule has 36 heavy (non-hydrogen) atoms. The van der Waals surface area contributed by atoms with Crippen LogP contribution in [0.2, 0.25) is 10.0 Å². The van der Waals surface area contributed by atoms with Crippen LogP contribution in [0.1, 0.15) is 30.5 Å². The van der Waals surface area contributed by atoms with Gasteiger partial charge in [-0.15, -0.1) is 0 Å². The number of carbonyl (C=O) groups excluding carboxylic acids is 1. The summed E-state index contributed by atoms with van der Waals surface area (Å²) in [4.78, 5) is 20.4. The van der Waals surface area contributed by atoms with E-state index < -0.39 is 0 Å². The van der Waals surface area contributed by atoms with E-state index in [2.05, 4.69) is 13.0 Å². The van der Waals surface area contributed by atoms with Crippen LogP contribution in [-0.2, 0) is 17.8 Å². The van der Waals surface area contributed by atoms with Crippen LogP contribution in [-0.4, -0.2) is 29.6 Å². The van der Waals surface area contributed by atoms with Gasteiger partial charge in [0, 0.05) is 12.1 Å². The molecule has 3 aromatic rings. The van der Waals surface area contributed by atoms with Gasteiger partial charge in [0.1, 0.15) is 6.61 Å². The van der Waals surface area contributed by atoms with Gasteiger partial charge in [0.05, 0.1) is 27.7 Å². The Morgan fingerprint density at radius 3 is 2.56 bits per heavy atom. The number of methoxy groups -OCH3 is 1. The van der Waals surface area contributed by atoms with Crippen LogP contribution in [0.5, 0.6) is 11.5 Å². The van der Waals surface area contributed by atoms with Crippen molar-refractivity contribution in [3.05, 3.63) is 92.3 Å². The van der Waals surface area contributed by atoms with Crippen LogP contribution in [0.15, 0.2) is 70.6 Å². The number of halogens is 2. The summed E-state index contributed by atoms with van der Waals surface area (Å²) in [5, 5.41) is 1.61. The molecule has 0 aromatic heterocycles. The number of ether oxygens (including phenoxy) is 2. The minimum Gasteiger partial charge on any atom is -0.493 e. The lowest BCUT2D eigenvalue weighted by Gasteiger charge is -2.14. The van der Waals surface area contributed by atoms with E-state index in [1.165, 1.54) is 11.8 Å². The lowest BCUT2D eigenvalue weighted by atomic mass is 10.1. The molecule has 1 aliphatic heterocycles. The lowest BCUT2D eigenvalue weighted by Crippen LogP contribution is -2.28. The van der Waals surface area contributed by atoms with Crippen molar-refractivity contribution in [1.82, 2.24) is 4.90 Å². The van der Waals surface area contributed by atoms with Crippen LogP contribution in [0, 0.1) is 0 Å². The van der Waals surface area contributed by atoms with Crippen molar-refractivity contribution >= 4 is 57.8 Å². The highest BCUT2D eigenvalue weighted by atomic mass is 35.5. The Morgan fingerprint density at radius 2 is 1.83 bits per heavy atom. The number of likely N-dealkylation sites (N-methyl/N-ethyl adjacent to an activating group) is 1. The first-order chi connectivity index (χ1) is 17.4. The average molecular weight is 542 g/mol. The standard InChI is InChI=1S/C28H26Cl2N2O3S/c1-4-19-9-6-7-11-23(19)31-28-32(5-2)27(33)25(36-28)16-20-10-8-12-24(34-3)26(20)35-17-18-13-14-21(29)22(30)15-18/h6-16H,4-5,17H2,1-3H3/b25-16+,31-28?. The molecule has 1 amide bonds. The highest BCUT2D eigenvalue weighted by Crippen LogP contribution is 2.39. The zero-order valence-corrected chi connectivity index (χ0v) is 22.6. The number of aryl methyl sites for hydroxylation is 1. The number of aliphatic imine (C=N–C) groups is 1. The van der Waals surface area contributed by atoms with Crippen LogP contribution in [0.25, 0.3) is 6.08 Å². The van der Waals surface area contributed by atoms with E-state index in [1.807, 2.05) is 55.5 Å². The second-order valence-electron chi connectivity index (χ2n) is 7.95. The molecular weight excluding hydrogens is 515 g/mol. The van der Waals surface area contributed by atoms with E-state index in [0.29, 0.717) is 38.2 Å². The molecule has 0 atom stereocenters. The monoisotopic (exact) mass is 540 g/mol. The molecule has 0 saturated carbocycles. The topological polar surface area (TPSA) is 51.1 Å². The summed E-state index contributed by atoms with van der Waals surface area (Å²) in [7, 11) is 1.59. The van der Waals surface area contributed by atoms with Gasteiger partial charge in [-0.25, -0.2) is 4.99 Å². The van der Waals surface area contributed by atoms with Crippen molar-refractivity contribution in [3.63, 3.8) is 0 Å². The number of benzene rings is 3. The quantitative estimate of drug-likeness (QED) is 0.274. The first kappa shape index (κ1) is 26.1. The predicted octanol–water partition coefficient (Wildman–Crippen LogP) is 7.77. The molecule has 0 aliphatic carbocycles. The Kier molecular flexibility index (Phi) is 8.62. The van der Waals surface area contributed by atoms with E-state index >= 15 is 0 Å². The van der Waals surface area contributed by atoms with Gasteiger partial charge in [-0.3, -0.25) is 9.69 Å². The molecule has 0 radical (unpaired) electrons. The van der Waals surface area contributed by atoms with Crippen molar-refractivity contribution < 1.29 is 14.3 Å². The molecule has 1 saturated heterocycles. The number of carbonyl (C=O) groups is 1. The van der Waals surface area contributed by atoms with E-state index in [4.69, 9.17) is 37.7 Å². The highest BCUT2D eigenvalue weighted by molar-refractivity contribution is 8.18. The molecule has 8 heteroatoms. The number of rotatable bonds is 8. The summed E-state index contributed by atoms with van der Waals surface area (Å²) in [5.74, 6) is 1.02. The molecule has 4 rings (SSSR count).